The van der Waals surface area contributed by atoms with E-state index in [4.69, 9.17) is 27.2 Å². The molecule has 3 amide bonds. The number of amides is 3. The molecule has 1 atom stereocenters. The summed E-state index contributed by atoms with van der Waals surface area (Å²) in [6.07, 6.45) is 7.16. The van der Waals surface area contributed by atoms with Gasteiger partial charge in [0.05, 0.1) is 13.7 Å². The third-order valence-corrected chi connectivity index (χ3v) is 5.45. The van der Waals surface area contributed by atoms with E-state index in [-0.39, 0.29) is 31.0 Å². The van der Waals surface area contributed by atoms with Crippen LogP contribution < -0.4 is 16.4 Å². The number of benzene rings is 1. The molecule has 9 nitrogen and oxygen atoms in total. The van der Waals surface area contributed by atoms with Crippen LogP contribution in [0, 0.1) is 5.82 Å². The first-order valence-electron chi connectivity index (χ1n) is 12.3. The van der Waals surface area contributed by atoms with E-state index in [2.05, 4.69) is 15.4 Å². The number of methoxy groups -OCH3 is 2. The van der Waals surface area contributed by atoms with Crippen molar-refractivity contribution in [2.45, 2.75) is 57.4 Å². The van der Waals surface area contributed by atoms with Crippen LogP contribution in [0.2, 0.25) is 5.02 Å². The van der Waals surface area contributed by atoms with E-state index in [9.17, 15) is 14.0 Å². The standard InChI is InChI=1S/C21H35ClFN3O2.C4H9NO3/c1-26(21(27)25-16-20(24)10-6-4-8-12-28-2)11-7-3-5-9-17-13-18(22)15-19(23)14-17;1-8-4(7)5-2-3-6/h13-15,20H,3-12,16,24H2,1-2H3,(H,25,27);6H,2-3H2,1H3,(H,5,7). The number of rotatable bonds is 16. The number of aliphatic hydroxyl groups excluding tert-OH is 1. The maximum Gasteiger partial charge on any atom is 0.406 e. The monoisotopic (exact) mass is 534 g/mol. The maximum atomic E-state index is 13.3. The van der Waals surface area contributed by atoms with Crippen molar-refractivity contribution in [3.8, 4) is 0 Å². The topological polar surface area (TPSA) is 126 Å². The lowest BCUT2D eigenvalue weighted by molar-refractivity contribution is 0.167. The first-order valence-corrected chi connectivity index (χ1v) is 12.7. The number of hydrogen-bond donors (Lipinski definition) is 4. The zero-order chi connectivity index (χ0) is 27.2. The lowest BCUT2D eigenvalue weighted by Gasteiger charge is -2.20. The van der Waals surface area contributed by atoms with Gasteiger partial charge in [0.1, 0.15) is 5.82 Å². The summed E-state index contributed by atoms with van der Waals surface area (Å²) in [5.74, 6) is -0.299. The number of nitrogens with one attached hydrogen (secondary N) is 2. The van der Waals surface area contributed by atoms with E-state index >= 15 is 0 Å². The van der Waals surface area contributed by atoms with Gasteiger partial charge in [0.2, 0.25) is 0 Å². The van der Waals surface area contributed by atoms with Crippen molar-refractivity contribution in [1.29, 1.82) is 0 Å². The number of urea groups is 1. The Hall–Kier alpha value is -2.14. The predicted octanol–water partition coefficient (Wildman–Crippen LogP) is 3.70. The summed E-state index contributed by atoms with van der Waals surface area (Å²) in [4.78, 5) is 23.9. The number of halogens is 2. The van der Waals surface area contributed by atoms with Gasteiger partial charge in [0.25, 0.3) is 0 Å². The summed E-state index contributed by atoms with van der Waals surface area (Å²) >= 11 is 5.86. The molecule has 1 rings (SSSR count). The molecule has 1 unspecified atom stereocenters. The number of aryl methyl sites for hydroxylation is 1. The van der Waals surface area contributed by atoms with E-state index in [1.165, 1.54) is 19.2 Å². The molecule has 0 aromatic heterocycles. The van der Waals surface area contributed by atoms with Gasteiger partial charge in [0.15, 0.2) is 0 Å². The minimum Gasteiger partial charge on any atom is -0.453 e. The molecular weight excluding hydrogens is 491 g/mol. The molecule has 0 radical (unpaired) electrons. The fraction of sp³-hybridized carbons (Fsp3) is 0.680. The average molecular weight is 535 g/mol. The van der Waals surface area contributed by atoms with Crippen molar-refractivity contribution >= 4 is 23.7 Å². The highest BCUT2D eigenvalue weighted by atomic mass is 35.5. The first kappa shape index (κ1) is 33.9. The second-order valence-electron chi connectivity index (χ2n) is 8.44. The van der Waals surface area contributed by atoms with Crippen LogP contribution in [0.5, 0.6) is 0 Å². The normalized spacial score (nSPS) is 11.2. The van der Waals surface area contributed by atoms with Gasteiger partial charge < -0.3 is 35.8 Å². The number of carbonyl (C=O) groups is 2. The van der Waals surface area contributed by atoms with Crippen LogP contribution in [0.15, 0.2) is 18.2 Å². The van der Waals surface area contributed by atoms with Crippen LogP contribution in [0.1, 0.15) is 50.5 Å². The van der Waals surface area contributed by atoms with Crippen LogP contribution in [0.25, 0.3) is 0 Å². The highest BCUT2D eigenvalue weighted by Crippen LogP contribution is 2.16. The number of hydrogen-bond acceptors (Lipinski definition) is 6. The van der Waals surface area contributed by atoms with E-state index < -0.39 is 6.09 Å². The van der Waals surface area contributed by atoms with E-state index in [0.29, 0.717) is 18.1 Å². The molecule has 0 spiro atoms. The summed E-state index contributed by atoms with van der Waals surface area (Å²) in [6, 6.07) is 4.52. The molecule has 0 saturated heterocycles. The van der Waals surface area contributed by atoms with Gasteiger partial charge in [0, 0.05) is 51.5 Å². The number of unbranched alkanes of at least 4 members (excludes halogenated alkanes) is 4. The maximum absolute atomic E-state index is 13.3. The molecule has 1 aromatic rings. The summed E-state index contributed by atoms with van der Waals surface area (Å²) in [6.45, 7) is 2.14. The number of carbonyl (C=O) groups excluding carboxylic acids is 2. The summed E-state index contributed by atoms with van der Waals surface area (Å²) < 4.78 is 22.5. The quantitative estimate of drug-likeness (QED) is 0.240. The molecule has 0 aliphatic rings. The van der Waals surface area contributed by atoms with Crippen molar-refractivity contribution in [2.75, 3.05) is 54.1 Å². The number of nitrogens with two attached hydrogens (primary N) is 1. The predicted molar refractivity (Wildman–Crippen MR) is 141 cm³/mol. The van der Waals surface area contributed by atoms with Crippen LogP contribution in [0.3, 0.4) is 0 Å². The Kier molecular flexibility index (Phi) is 20.8. The molecule has 0 saturated carbocycles. The van der Waals surface area contributed by atoms with Gasteiger partial charge >= 0.3 is 12.1 Å². The second kappa shape index (κ2) is 22.1. The highest BCUT2D eigenvalue weighted by molar-refractivity contribution is 6.30. The largest absolute Gasteiger partial charge is 0.453 e. The van der Waals surface area contributed by atoms with Crippen molar-refractivity contribution < 1.29 is 28.6 Å². The molecule has 11 heteroatoms. The highest BCUT2D eigenvalue weighted by Gasteiger charge is 2.10. The molecule has 0 aliphatic carbocycles. The zero-order valence-electron chi connectivity index (χ0n) is 21.9. The second-order valence-corrected chi connectivity index (χ2v) is 8.88. The van der Waals surface area contributed by atoms with Crippen molar-refractivity contribution in [3.05, 3.63) is 34.6 Å². The molecule has 0 bridgehead atoms. The van der Waals surface area contributed by atoms with Gasteiger partial charge in [-0.05, 0) is 55.9 Å². The van der Waals surface area contributed by atoms with Gasteiger partial charge in [-0.3, -0.25) is 0 Å². The van der Waals surface area contributed by atoms with Crippen LogP contribution in [-0.4, -0.2) is 82.3 Å². The van der Waals surface area contributed by atoms with Gasteiger partial charge in [-0.15, -0.1) is 0 Å². The molecule has 1 aromatic carbocycles. The SMILES string of the molecule is COC(=O)NCCO.COCCCCCC(N)CNC(=O)N(C)CCCCCc1cc(F)cc(Cl)c1. The molecule has 0 aliphatic heterocycles. The molecule has 5 N–H and O–H groups in total. The third-order valence-electron chi connectivity index (χ3n) is 5.23. The number of aliphatic hydroxyl groups is 1. The Labute approximate surface area is 219 Å². The van der Waals surface area contributed by atoms with E-state index in [0.717, 1.165) is 63.5 Å². The fourth-order valence-electron chi connectivity index (χ4n) is 3.23. The smallest absolute Gasteiger partial charge is 0.406 e. The Balaban J connectivity index is 0.00000131. The summed E-state index contributed by atoms with van der Waals surface area (Å²) in [5, 5.41) is 13.7. The summed E-state index contributed by atoms with van der Waals surface area (Å²) in [5.41, 5.74) is 6.96. The Morgan fingerprint density at radius 1 is 1.11 bits per heavy atom. The number of alkyl carbamates (subject to hydrolysis) is 1. The van der Waals surface area contributed by atoms with Crippen LogP contribution in [-0.2, 0) is 15.9 Å². The van der Waals surface area contributed by atoms with Crippen LogP contribution in [0.4, 0.5) is 14.0 Å². The molecular formula is C25H44ClFN4O5. The van der Waals surface area contributed by atoms with Gasteiger partial charge in [-0.1, -0.05) is 30.9 Å². The van der Waals surface area contributed by atoms with E-state index in [1.54, 1.807) is 25.1 Å². The van der Waals surface area contributed by atoms with Crippen LogP contribution >= 0.6 is 11.6 Å². The Morgan fingerprint density at radius 3 is 2.47 bits per heavy atom. The lowest BCUT2D eigenvalue weighted by atomic mass is 10.1. The Bertz CT molecular complexity index is 709. The Morgan fingerprint density at radius 2 is 1.83 bits per heavy atom. The molecule has 36 heavy (non-hydrogen) atoms. The third kappa shape index (κ3) is 19.1. The summed E-state index contributed by atoms with van der Waals surface area (Å²) in [7, 11) is 4.77. The minimum atomic E-state index is -0.515. The fourth-order valence-corrected chi connectivity index (χ4v) is 3.47. The lowest BCUT2D eigenvalue weighted by Crippen LogP contribution is -2.43. The minimum absolute atomic E-state index is 0.0158. The van der Waals surface area contributed by atoms with E-state index in [1.807, 2.05) is 0 Å². The molecule has 208 valence electrons. The van der Waals surface area contributed by atoms with Crippen molar-refractivity contribution in [3.63, 3.8) is 0 Å². The van der Waals surface area contributed by atoms with Crippen molar-refractivity contribution in [2.24, 2.45) is 5.73 Å². The van der Waals surface area contributed by atoms with Gasteiger partial charge in [-0.2, -0.15) is 0 Å². The van der Waals surface area contributed by atoms with Gasteiger partial charge in [-0.25, -0.2) is 14.0 Å². The number of ether oxygens (including phenoxy) is 2. The molecule has 0 heterocycles. The van der Waals surface area contributed by atoms with Crippen molar-refractivity contribution in [1.82, 2.24) is 15.5 Å². The number of nitrogens with zero attached hydrogens (tertiary/aromatic N) is 1. The first-order chi connectivity index (χ1) is 17.2. The molecule has 0 fully saturated rings. The zero-order valence-corrected chi connectivity index (χ0v) is 22.6. The average Bonchev–Trinajstić information content (AvgIpc) is 2.85.